The number of rotatable bonds is 8. The molecule has 0 aliphatic carbocycles. The number of esters is 1. The number of aromatic nitrogens is 3. The Kier molecular flexibility index (Phi) is 6.04. The second-order valence-electron chi connectivity index (χ2n) is 5.22. The number of carbonyl (C=O) groups is 1. The van der Waals surface area contributed by atoms with Crippen molar-refractivity contribution in [3.8, 4) is 11.6 Å². The van der Waals surface area contributed by atoms with E-state index in [4.69, 9.17) is 9.15 Å². The summed E-state index contributed by atoms with van der Waals surface area (Å²) in [5.74, 6) is 1.12. The Morgan fingerprint density at radius 3 is 2.87 bits per heavy atom. The van der Waals surface area contributed by atoms with Crippen LogP contribution >= 0.6 is 11.8 Å². The van der Waals surface area contributed by atoms with Crippen LogP contribution in [0.4, 0.5) is 0 Å². The Bertz CT molecular complexity index is 650. The Morgan fingerprint density at radius 1 is 1.52 bits per heavy atom. The molecular formula is C16H21N3O3S. The minimum Gasteiger partial charge on any atom is -0.465 e. The van der Waals surface area contributed by atoms with Gasteiger partial charge in [-0.15, -0.1) is 16.8 Å². The summed E-state index contributed by atoms with van der Waals surface area (Å²) in [6, 6.07) is 3.62. The molecule has 0 amide bonds. The lowest BCUT2D eigenvalue weighted by atomic mass is 10.1. The minimum absolute atomic E-state index is 0.111. The molecule has 23 heavy (non-hydrogen) atoms. The van der Waals surface area contributed by atoms with Crippen LogP contribution in [0.3, 0.4) is 0 Å². The van der Waals surface area contributed by atoms with Gasteiger partial charge < -0.3 is 9.15 Å². The Hall–Kier alpha value is -2.02. The van der Waals surface area contributed by atoms with E-state index in [-0.39, 0.29) is 17.1 Å². The summed E-state index contributed by atoms with van der Waals surface area (Å²) in [7, 11) is 0. The fraction of sp³-hybridized carbons (Fsp3) is 0.438. The highest BCUT2D eigenvalue weighted by atomic mass is 32.2. The second kappa shape index (κ2) is 8.01. The van der Waals surface area contributed by atoms with Crippen LogP contribution in [0.1, 0.15) is 20.8 Å². The molecular weight excluding hydrogens is 314 g/mol. The number of hydrogen-bond donors (Lipinski definition) is 0. The number of ether oxygens (including phenoxy) is 1. The zero-order chi connectivity index (χ0) is 16.8. The highest BCUT2D eigenvalue weighted by Crippen LogP contribution is 2.31. The second-order valence-corrected chi connectivity index (χ2v) is 6.33. The maximum atomic E-state index is 12.2. The lowest BCUT2D eigenvalue weighted by molar-refractivity contribution is -0.143. The quantitative estimate of drug-likeness (QED) is 0.418. The molecule has 0 aliphatic heterocycles. The molecule has 0 aliphatic rings. The lowest BCUT2D eigenvalue weighted by Gasteiger charge is -2.18. The van der Waals surface area contributed by atoms with E-state index in [0.717, 1.165) is 0 Å². The Labute approximate surface area is 139 Å². The van der Waals surface area contributed by atoms with E-state index in [0.29, 0.717) is 29.9 Å². The molecule has 7 heteroatoms. The number of allylic oxidation sites excluding steroid dienone is 1. The first-order chi connectivity index (χ1) is 11.1. The molecule has 1 atom stereocenters. The molecule has 0 saturated heterocycles. The molecule has 0 bridgehead atoms. The van der Waals surface area contributed by atoms with Crippen molar-refractivity contribution in [3.63, 3.8) is 0 Å². The molecule has 0 aromatic carbocycles. The van der Waals surface area contributed by atoms with Gasteiger partial charge in [-0.25, -0.2) is 0 Å². The molecule has 2 heterocycles. The van der Waals surface area contributed by atoms with E-state index in [1.54, 1.807) is 25.3 Å². The van der Waals surface area contributed by atoms with Crippen molar-refractivity contribution < 1.29 is 13.9 Å². The first-order valence-corrected chi connectivity index (χ1v) is 8.37. The molecule has 0 spiro atoms. The summed E-state index contributed by atoms with van der Waals surface area (Å²) >= 11 is 1.35. The van der Waals surface area contributed by atoms with Crippen LogP contribution < -0.4 is 0 Å². The van der Waals surface area contributed by atoms with Crippen molar-refractivity contribution in [2.45, 2.75) is 37.7 Å². The van der Waals surface area contributed by atoms with Gasteiger partial charge in [-0.1, -0.05) is 31.7 Å². The van der Waals surface area contributed by atoms with Gasteiger partial charge in [0.25, 0.3) is 0 Å². The molecule has 0 saturated carbocycles. The van der Waals surface area contributed by atoms with Crippen molar-refractivity contribution in [2.75, 3.05) is 6.61 Å². The van der Waals surface area contributed by atoms with Crippen LogP contribution in [-0.4, -0.2) is 32.6 Å². The van der Waals surface area contributed by atoms with Gasteiger partial charge in [-0.2, -0.15) is 0 Å². The fourth-order valence-corrected chi connectivity index (χ4v) is 3.09. The molecule has 6 nitrogen and oxygen atoms in total. The average molecular weight is 335 g/mol. The normalized spacial score (nSPS) is 12.3. The maximum Gasteiger partial charge on any atom is 0.319 e. The highest BCUT2D eigenvalue weighted by molar-refractivity contribution is 8.00. The van der Waals surface area contributed by atoms with E-state index in [1.165, 1.54) is 11.8 Å². The number of carbonyl (C=O) groups excluding carboxylic acids is 1. The van der Waals surface area contributed by atoms with Crippen molar-refractivity contribution in [1.82, 2.24) is 14.8 Å². The van der Waals surface area contributed by atoms with Gasteiger partial charge in [0.2, 0.25) is 5.82 Å². The smallest absolute Gasteiger partial charge is 0.319 e. The monoisotopic (exact) mass is 335 g/mol. The fourth-order valence-electron chi connectivity index (χ4n) is 2.05. The first kappa shape index (κ1) is 17.3. The summed E-state index contributed by atoms with van der Waals surface area (Å²) in [5, 5.41) is 8.71. The molecule has 2 aromatic heterocycles. The summed E-state index contributed by atoms with van der Waals surface area (Å²) in [6.07, 6.45) is 3.35. The summed E-state index contributed by atoms with van der Waals surface area (Å²) < 4.78 is 12.4. The molecule has 2 aromatic rings. The number of nitrogens with zero attached hydrogens (tertiary/aromatic N) is 3. The molecule has 0 N–H and O–H groups in total. The minimum atomic E-state index is -0.341. The predicted molar refractivity (Wildman–Crippen MR) is 89.0 cm³/mol. The van der Waals surface area contributed by atoms with E-state index < -0.39 is 0 Å². The number of thioether (sulfide) groups is 1. The third-order valence-electron chi connectivity index (χ3n) is 3.13. The molecule has 1 unspecified atom stereocenters. The lowest BCUT2D eigenvalue weighted by Crippen LogP contribution is -2.26. The van der Waals surface area contributed by atoms with Gasteiger partial charge in [0.1, 0.15) is 5.25 Å². The van der Waals surface area contributed by atoms with Crippen molar-refractivity contribution in [1.29, 1.82) is 0 Å². The number of hydrogen-bond acceptors (Lipinski definition) is 6. The molecule has 2 rings (SSSR count). The van der Waals surface area contributed by atoms with Crippen LogP contribution in [0.15, 0.2) is 40.6 Å². The van der Waals surface area contributed by atoms with Crippen LogP contribution in [0, 0.1) is 5.92 Å². The summed E-state index contributed by atoms with van der Waals surface area (Å²) in [6.45, 7) is 10.4. The summed E-state index contributed by atoms with van der Waals surface area (Å²) in [5.41, 5.74) is 0. The van der Waals surface area contributed by atoms with Gasteiger partial charge in [0.15, 0.2) is 10.9 Å². The van der Waals surface area contributed by atoms with E-state index >= 15 is 0 Å². The number of furan rings is 1. The van der Waals surface area contributed by atoms with Crippen LogP contribution in [0.25, 0.3) is 11.6 Å². The predicted octanol–water partition coefficient (Wildman–Crippen LogP) is 3.40. The third kappa shape index (κ3) is 4.04. The van der Waals surface area contributed by atoms with Gasteiger partial charge in [-0.05, 0) is 25.0 Å². The third-order valence-corrected chi connectivity index (χ3v) is 4.63. The van der Waals surface area contributed by atoms with Crippen molar-refractivity contribution in [2.24, 2.45) is 5.92 Å². The Balaban J connectivity index is 2.31. The van der Waals surface area contributed by atoms with Crippen LogP contribution in [-0.2, 0) is 16.1 Å². The standard InChI is InChI=1S/C16H21N3O3S/c1-5-9-19-14(12-8-7-10-22-12)17-18-16(19)23-13(11(3)4)15(20)21-6-2/h5,7-8,10-11,13H,1,6,9H2,2-4H3. The SMILES string of the molecule is C=CCn1c(SC(C(=O)OCC)C(C)C)nnc1-c1ccco1. The van der Waals surface area contributed by atoms with Gasteiger partial charge in [0.05, 0.1) is 12.9 Å². The highest BCUT2D eigenvalue weighted by Gasteiger charge is 2.28. The zero-order valence-corrected chi connectivity index (χ0v) is 14.4. The van der Waals surface area contributed by atoms with Crippen molar-refractivity contribution in [3.05, 3.63) is 31.1 Å². The first-order valence-electron chi connectivity index (χ1n) is 7.49. The van der Waals surface area contributed by atoms with Gasteiger partial charge in [0, 0.05) is 6.54 Å². The largest absolute Gasteiger partial charge is 0.465 e. The van der Waals surface area contributed by atoms with Gasteiger partial charge >= 0.3 is 5.97 Å². The summed E-state index contributed by atoms with van der Waals surface area (Å²) in [4.78, 5) is 12.2. The Morgan fingerprint density at radius 2 is 2.30 bits per heavy atom. The molecule has 0 fully saturated rings. The topological polar surface area (TPSA) is 70.2 Å². The van der Waals surface area contributed by atoms with Gasteiger partial charge in [-0.3, -0.25) is 9.36 Å². The van der Waals surface area contributed by atoms with Crippen LogP contribution in [0.2, 0.25) is 0 Å². The molecule has 0 radical (unpaired) electrons. The average Bonchev–Trinajstić information content (AvgIpc) is 3.14. The molecule has 124 valence electrons. The zero-order valence-electron chi connectivity index (χ0n) is 13.6. The van der Waals surface area contributed by atoms with E-state index in [9.17, 15) is 4.79 Å². The maximum absolute atomic E-state index is 12.2. The van der Waals surface area contributed by atoms with E-state index in [2.05, 4.69) is 16.8 Å². The van der Waals surface area contributed by atoms with E-state index in [1.807, 2.05) is 24.5 Å². The van der Waals surface area contributed by atoms with Crippen molar-refractivity contribution >= 4 is 17.7 Å². The van der Waals surface area contributed by atoms with Crippen LogP contribution in [0.5, 0.6) is 0 Å².